The van der Waals surface area contributed by atoms with Gasteiger partial charge in [-0.25, -0.2) is 0 Å². The Morgan fingerprint density at radius 1 is 1.22 bits per heavy atom. The summed E-state index contributed by atoms with van der Waals surface area (Å²) in [6.45, 7) is 3.48. The van der Waals surface area contributed by atoms with Gasteiger partial charge in [0, 0.05) is 0 Å². The number of nitrogens with zero attached hydrogens (tertiary/aromatic N) is 2. The Morgan fingerprint density at radius 2 is 1.78 bits per heavy atom. The van der Waals surface area contributed by atoms with Gasteiger partial charge in [-0.3, -0.25) is 4.57 Å². The molecule has 1 atom stereocenters. The summed E-state index contributed by atoms with van der Waals surface area (Å²) in [5, 5.41) is 28.4. The molecule has 1 N–H and O–H groups in total. The fourth-order valence-electron chi connectivity index (χ4n) is 2.18. The van der Waals surface area contributed by atoms with Gasteiger partial charge in [0.25, 0.3) is 0 Å². The second kappa shape index (κ2) is 8.55. The summed E-state index contributed by atoms with van der Waals surface area (Å²) in [7, 11) is -2.39. The molecule has 0 saturated carbocycles. The third kappa shape index (κ3) is 4.24. The molecular weight excluding hydrogens is 319 g/mol. The van der Waals surface area contributed by atoms with Crippen LogP contribution in [0.2, 0.25) is 0 Å². The van der Waals surface area contributed by atoms with E-state index >= 15 is 0 Å². The number of nitriles is 2. The number of aromatic hydroxyl groups is 1. The van der Waals surface area contributed by atoms with Gasteiger partial charge in [0.1, 0.15) is 5.66 Å². The van der Waals surface area contributed by atoms with Crippen molar-refractivity contribution in [3.05, 3.63) is 23.8 Å². The minimum Gasteiger partial charge on any atom is -0.504 e. The van der Waals surface area contributed by atoms with Gasteiger partial charge in [-0.2, -0.15) is 10.5 Å². The first kappa shape index (κ1) is 19.0. The molecule has 124 valence electrons. The molecule has 8 heteroatoms. The highest BCUT2D eigenvalue weighted by Gasteiger charge is 2.43. The molecule has 0 heterocycles. The highest BCUT2D eigenvalue weighted by atomic mass is 31.2. The number of methoxy groups -OCH3 is 1. The van der Waals surface area contributed by atoms with E-state index in [1.165, 1.54) is 25.3 Å². The second-order valence-corrected chi connectivity index (χ2v) is 6.64. The molecule has 0 aromatic heterocycles. The molecule has 1 aromatic rings. The molecule has 23 heavy (non-hydrogen) atoms. The molecule has 1 unspecified atom stereocenters. The van der Waals surface area contributed by atoms with Crippen LogP contribution in [0.25, 0.3) is 0 Å². The van der Waals surface area contributed by atoms with Crippen LogP contribution in [-0.4, -0.2) is 25.4 Å². The fraction of sp³-hybridized carbons (Fsp3) is 0.467. The Kier molecular flexibility index (Phi) is 7.06. The zero-order chi connectivity index (χ0) is 17.5. The molecule has 0 bridgehead atoms. The van der Waals surface area contributed by atoms with E-state index in [4.69, 9.17) is 13.8 Å². The van der Waals surface area contributed by atoms with Crippen LogP contribution in [-0.2, 0) is 13.6 Å². The maximum absolute atomic E-state index is 13.1. The van der Waals surface area contributed by atoms with Crippen LogP contribution in [0.5, 0.6) is 11.5 Å². The van der Waals surface area contributed by atoms with Crippen LogP contribution in [0.1, 0.15) is 25.1 Å². The average Bonchev–Trinajstić information content (AvgIpc) is 2.52. The lowest BCUT2D eigenvalue weighted by Gasteiger charge is -2.27. The highest BCUT2D eigenvalue weighted by molar-refractivity contribution is 7.54. The van der Waals surface area contributed by atoms with Crippen LogP contribution in [0, 0.1) is 28.6 Å². The lowest BCUT2D eigenvalue weighted by Crippen LogP contribution is -2.14. The van der Waals surface area contributed by atoms with E-state index in [0.29, 0.717) is 5.56 Å². The number of phenolic OH excluding ortho intramolecular Hbond substituents is 1. The standard InChI is InChI=1S/C15H19N2O5P/c1-4-21-23(19,22-5-2)15(12(9-16)10-17)11-6-7-14(20-3)13(18)8-11/h6-8,12,15,18H,4-5H2,1-3H3. The Morgan fingerprint density at radius 3 is 2.17 bits per heavy atom. The maximum atomic E-state index is 13.1. The van der Waals surface area contributed by atoms with Crippen molar-refractivity contribution in [2.24, 2.45) is 5.92 Å². The van der Waals surface area contributed by atoms with E-state index in [1.807, 2.05) is 12.1 Å². The zero-order valence-electron chi connectivity index (χ0n) is 13.2. The molecule has 0 spiro atoms. The number of hydrogen-bond donors (Lipinski definition) is 1. The topological polar surface area (TPSA) is 113 Å². The van der Waals surface area contributed by atoms with Gasteiger partial charge in [-0.1, -0.05) is 6.07 Å². The number of phenols is 1. The van der Waals surface area contributed by atoms with Gasteiger partial charge in [0.15, 0.2) is 17.4 Å². The minimum atomic E-state index is -3.78. The van der Waals surface area contributed by atoms with Crippen LogP contribution < -0.4 is 4.74 Å². The summed E-state index contributed by atoms with van der Waals surface area (Å²) in [4.78, 5) is 0. The predicted molar refractivity (Wildman–Crippen MR) is 83.0 cm³/mol. The number of ether oxygens (including phenoxy) is 1. The molecule has 0 fully saturated rings. The summed E-state index contributed by atoms with van der Waals surface area (Å²) in [6, 6.07) is 7.92. The van der Waals surface area contributed by atoms with Gasteiger partial charge in [-0.05, 0) is 31.5 Å². The molecule has 1 rings (SSSR count). The van der Waals surface area contributed by atoms with E-state index in [2.05, 4.69) is 0 Å². The monoisotopic (exact) mass is 338 g/mol. The zero-order valence-corrected chi connectivity index (χ0v) is 14.1. The molecule has 0 aliphatic carbocycles. The van der Waals surface area contributed by atoms with Crippen LogP contribution in [0.4, 0.5) is 0 Å². The van der Waals surface area contributed by atoms with E-state index in [1.54, 1.807) is 13.8 Å². The largest absolute Gasteiger partial charge is 0.504 e. The molecule has 7 nitrogen and oxygen atoms in total. The lowest BCUT2D eigenvalue weighted by molar-refractivity contribution is 0.209. The Bertz CT molecular complexity index is 641. The van der Waals surface area contributed by atoms with Gasteiger partial charge < -0.3 is 18.9 Å². The normalized spacial score (nSPS) is 12.4. The number of hydrogen-bond acceptors (Lipinski definition) is 7. The first-order valence-electron chi connectivity index (χ1n) is 7.02. The summed E-state index contributed by atoms with van der Waals surface area (Å²) in [5.74, 6) is -1.23. The molecule has 0 aliphatic rings. The van der Waals surface area contributed by atoms with Gasteiger partial charge in [0.05, 0.1) is 32.5 Å². The van der Waals surface area contributed by atoms with Gasteiger partial charge in [-0.15, -0.1) is 0 Å². The summed E-state index contributed by atoms with van der Waals surface area (Å²) in [6.07, 6.45) is 0. The Balaban J connectivity index is 3.47. The predicted octanol–water partition coefficient (Wildman–Crippen LogP) is 3.37. The summed E-state index contributed by atoms with van der Waals surface area (Å²) >= 11 is 0. The van der Waals surface area contributed by atoms with Crippen molar-refractivity contribution in [2.45, 2.75) is 19.5 Å². The first-order valence-corrected chi connectivity index (χ1v) is 8.63. The minimum absolute atomic E-state index is 0.0967. The van der Waals surface area contributed by atoms with Gasteiger partial charge >= 0.3 is 7.60 Å². The smallest absolute Gasteiger partial charge is 0.340 e. The third-order valence-corrected chi connectivity index (χ3v) is 5.61. The maximum Gasteiger partial charge on any atom is 0.340 e. The Hall–Kier alpha value is -2.05. The number of rotatable bonds is 8. The lowest BCUT2D eigenvalue weighted by atomic mass is 10.0. The SMILES string of the molecule is CCOP(=O)(OCC)C(c1ccc(OC)c(O)c1)C(C#N)C#N. The summed E-state index contributed by atoms with van der Waals surface area (Å²) in [5.41, 5.74) is -0.823. The van der Waals surface area contributed by atoms with Crippen molar-refractivity contribution in [3.8, 4) is 23.6 Å². The highest BCUT2D eigenvalue weighted by Crippen LogP contribution is 2.64. The fourth-order valence-corrected chi connectivity index (χ4v) is 4.32. The van der Waals surface area contributed by atoms with Crippen molar-refractivity contribution >= 4 is 7.60 Å². The van der Waals surface area contributed by atoms with Crippen molar-refractivity contribution in [1.82, 2.24) is 0 Å². The molecule has 0 saturated heterocycles. The van der Waals surface area contributed by atoms with Gasteiger partial charge in [0.2, 0.25) is 0 Å². The van der Waals surface area contributed by atoms with Crippen molar-refractivity contribution in [3.63, 3.8) is 0 Å². The second-order valence-electron chi connectivity index (χ2n) is 4.49. The number of benzene rings is 1. The molecule has 0 aliphatic heterocycles. The Labute approximate surface area is 135 Å². The summed E-state index contributed by atoms with van der Waals surface area (Å²) < 4.78 is 28.6. The molecule has 0 amide bonds. The quantitative estimate of drug-likeness (QED) is 0.723. The van der Waals surface area contributed by atoms with E-state index in [0.717, 1.165) is 0 Å². The third-order valence-electron chi connectivity index (χ3n) is 3.10. The first-order chi connectivity index (χ1) is 11.0. The van der Waals surface area contributed by atoms with Crippen molar-refractivity contribution in [1.29, 1.82) is 10.5 Å². The van der Waals surface area contributed by atoms with E-state index in [9.17, 15) is 20.2 Å². The van der Waals surface area contributed by atoms with Crippen molar-refractivity contribution in [2.75, 3.05) is 20.3 Å². The van der Waals surface area contributed by atoms with E-state index in [-0.39, 0.29) is 24.7 Å². The van der Waals surface area contributed by atoms with Crippen molar-refractivity contribution < 1.29 is 23.5 Å². The van der Waals surface area contributed by atoms with Crippen LogP contribution >= 0.6 is 7.60 Å². The molecule has 0 radical (unpaired) electrons. The van der Waals surface area contributed by atoms with Crippen LogP contribution in [0.15, 0.2) is 18.2 Å². The molecular formula is C15H19N2O5P. The average molecular weight is 338 g/mol. The van der Waals surface area contributed by atoms with E-state index < -0.39 is 19.2 Å². The van der Waals surface area contributed by atoms with Crippen LogP contribution in [0.3, 0.4) is 0 Å². The molecule has 1 aromatic carbocycles.